The molecule has 0 heterocycles. The van der Waals surface area contributed by atoms with Crippen LogP contribution in [0.15, 0.2) is 24.3 Å². The highest BCUT2D eigenvalue weighted by Gasteiger charge is 2.19. The molecule has 1 aromatic rings. The molecule has 0 aliphatic rings. The average Bonchev–Trinajstić information content (AvgIpc) is 2.28. The van der Waals surface area contributed by atoms with Gasteiger partial charge < -0.3 is 5.73 Å². The van der Waals surface area contributed by atoms with Crippen LogP contribution in [-0.2, 0) is 15.8 Å². The Balaban J connectivity index is 2.86. The molecular formula is C12H16N2O2S. The maximum atomic E-state index is 12.0. The normalized spacial score (nSPS) is 11.4. The van der Waals surface area contributed by atoms with Crippen LogP contribution in [0.1, 0.15) is 12.5 Å². The fourth-order valence-electron chi connectivity index (χ4n) is 1.42. The molecule has 2 N–H and O–H groups in total. The first-order chi connectivity index (χ1) is 7.99. The predicted molar refractivity (Wildman–Crippen MR) is 69.6 cm³/mol. The van der Waals surface area contributed by atoms with Crippen molar-refractivity contribution >= 4 is 15.7 Å². The van der Waals surface area contributed by atoms with Crippen molar-refractivity contribution in [2.24, 2.45) is 0 Å². The summed E-state index contributed by atoms with van der Waals surface area (Å²) in [5.74, 6) is 2.29. The number of nitrogens with two attached hydrogens (primary N) is 1. The Hall–Kier alpha value is -1.51. The molecule has 4 nitrogen and oxygen atoms in total. The van der Waals surface area contributed by atoms with E-state index in [4.69, 9.17) is 12.2 Å². The van der Waals surface area contributed by atoms with E-state index in [9.17, 15) is 8.42 Å². The number of nitrogens with zero attached hydrogens (tertiary/aromatic N) is 1. The lowest BCUT2D eigenvalue weighted by molar-refractivity contribution is 0.463. The van der Waals surface area contributed by atoms with E-state index in [1.807, 2.05) is 0 Å². The third kappa shape index (κ3) is 3.77. The molecule has 0 amide bonds. The molecule has 1 rings (SSSR count). The Morgan fingerprint density at radius 2 is 1.94 bits per heavy atom. The number of terminal acetylenes is 1. The van der Waals surface area contributed by atoms with Crippen molar-refractivity contribution in [1.29, 1.82) is 0 Å². The third-order valence-corrected chi connectivity index (χ3v) is 4.21. The second-order valence-electron chi connectivity index (χ2n) is 3.63. The monoisotopic (exact) mass is 252 g/mol. The zero-order chi connectivity index (χ0) is 12.9. The topological polar surface area (TPSA) is 63.4 Å². The van der Waals surface area contributed by atoms with Gasteiger partial charge in [-0.15, -0.1) is 6.42 Å². The maximum Gasteiger partial charge on any atom is 0.219 e. The van der Waals surface area contributed by atoms with Crippen molar-refractivity contribution < 1.29 is 8.42 Å². The number of hydrogen-bond acceptors (Lipinski definition) is 3. The lowest BCUT2D eigenvalue weighted by Crippen LogP contribution is -2.32. The van der Waals surface area contributed by atoms with Gasteiger partial charge in [0.1, 0.15) is 0 Å². The lowest BCUT2D eigenvalue weighted by Gasteiger charge is -2.17. The zero-order valence-corrected chi connectivity index (χ0v) is 10.6. The summed E-state index contributed by atoms with van der Waals surface area (Å²) in [6.45, 7) is 2.24. The highest BCUT2D eigenvalue weighted by molar-refractivity contribution is 7.88. The summed E-state index contributed by atoms with van der Waals surface area (Å²) >= 11 is 0. The molecule has 1 aromatic carbocycles. The standard InChI is InChI=1S/C12H16N2O2S/c1-3-9-14(4-2)17(15,16)10-11-5-7-12(13)8-6-11/h1,5-8H,4,9-10,13H2,2H3. The molecule has 0 saturated heterocycles. The van der Waals surface area contributed by atoms with E-state index >= 15 is 0 Å². The van der Waals surface area contributed by atoms with Gasteiger partial charge in [-0.1, -0.05) is 25.0 Å². The van der Waals surface area contributed by atoms with Gasteiger partial charge in [0.05, 0.1) is 12.3 Å². The fraction of sp³-hybridized carbons (Fsp3) is 0.333. The lowest BCUT2D eigenvalue weighted by atomic mass is 10.2. The first kappa shape index (κ1) is 13.6. The minimum absolute atomic E-state index is 0.0528. The van der Waals surface area contributed by atoms with Crippen LogP contribution in [0.25, 0.3) is 0 Å². The van der Waals surface area contributed by atoms with Crippen molar-refractivity contribution in [2.75, 3.05) is 18.8 Å². The summed E-state index contributed by atoms with van der Waals surface area (Å²) in [5.41, 5.74) is 6.85. The van der Waals surface area contributed by atoms with Crippen LogP contribution in [0.3, 0.4) is 0 Å². The molecule has 0 aliphatic carbocycles. The van der Waals surface area contributed by atoms with Crippen LogP contribution >= 0.6 is 0 Å². The van der Waals surface area contributed by atoms with E-state index in [0.29, 0.717) is 17.8 Å². The van der Waals surface area contributed by atoms with Crippen LogP contribution < -0.4 is 5.73 Å². The first-order valence-electron chi connectivity index (χ1n) is 5.25. The van der Waals surface area contributed by atoms with Gasteiger partial charge in [-0.2, -0.15) is 4.31 Å². The summed E-state index contributed by atoms with van der Waals surface area (Å²) in [6.07, 6.45) is 5.14. The summed E-state index contributed by atoms with van der Waals surface area (Å²) in [5, 5.41) is 0. The first-order valence-corrected chi connectivity index (χ1v) is 6.86. The van der Waals surface area contributed by atoms with Crippen LogP contribution in [0.4, 0.5) is 5.69 Å². The molecule has 0 unspecified atom stereocenters. The molecule has 0 spiro atoms. The van der Waals surface area contributed by atoms with Crippen molar-refractivity contribution in [2.45, 2.75) is 12.7 Å². The van der Waals surface area contributed by atoms with E-state index in [0.717, 1.165) is 0 Å². The van der Waals surface area contributed by atoms with Gasteiger partial charge in [-0.25, -0.2) is 8.42 Å². The molecule has 0 saturated carbocycles. The van der Waals surface area contributed by atoms with E-state index in [2.05, 4.69) is 5.92 Å². The Morgan fingerprint density at radius 3 is 2.41 bits per heavy atom. The molecule has 5 heteroatoms. The molecular weight excluding hydrogens is 236 g/mol. The van der Waals surface area contributed by atoms with E-state index < -0.39 is 10.0 Å². The van der Waals surface area contributed by atoms with Crippen molar-refractivity contribution in [1.82, 2.24) is 4.31 Å². The Bertz CT molecular complexity index is 500. The molecule has 0 bridgehead atoms. The number of nitrogen functional groups attached to an aromatic ring is 1. The van der Waals surface area contributed by atoms with Gasteiger partial charge in [0.2, 0.25) is 10.0 Å². The van der Waals surface area contributed by atoms with Crippen molar-refractivity contribution in [3.05, 3.63) is 29.8 Å². The second-order valence-corrected chi connectivity index (χ2v) is 5.60. The smallest absolute Gasteiger partial charge is 0.219 e. The molecule has 0 radical (unpaired) electrons. The summed E-state index contributed by atoms with van der Waals surface area (Å²) in [6, 6.07) is 6.78. The SMILES string of the molecule is C#CCN(CC)S(=O)(=O)Cc1ccc(N)cc1. The second kappa shape index (κ2) is 5.71. The summed E-state index contributed by atoms with van der Waals surface area (Å²) in [7, 11) is -3.35. The van der Waals surface area contributed by atoms with Gasteiger partial charge in [0.15, 0.2) is 0 Å². The number of anilines is 1. The van der Waals surface area contributed by atoms with Gasteiger partial charge in [-0.05, 0) is 17.7 Å². The molecule has 17 heavy (non-hydrogen) atoms. The molecule has 0 aromatic heterocycles. The Labute approximate surface area is 102 Å². The van der Waals surface area contributed by atoms with Gasteiger partial charge >= 0.3 is 0 Å². The van der Waals surface area contributed by atoms with Crippen LogP contribution in [0, 0.1) is 12.3 Å². The van der Waals surface area contributed by atoms with E-state index in [1.165, 1.54) is 4.31 Å². The number of sulfonamides is 1. The van der Waals surface area contributed by atoms with Gasteiger partial charge in [0, 0.05) is 12.2 Å². The van der Waals surface area contributed by atoms with Crippen LogP contribution in [-0.4, -0.2) is 25.8 Å². The van der Waals surface area contributed by atoms with E-state index in [-0.39, 0.29) is 12.3 Å². The molecule has 92 valence electrons. The largest absolute Gasteiger partial charge is 0.399 e. The minimum Gasteiger partial charge on any atom is -0.399 e. The van der Waals surface area contributed by atoms with Crippen LogP contribution in [0.2, 0.25) is 0 Å². The van der Waals surface area contributed by atoms with Crippen molar-refractivity contribution in [3.8, 4) is 12.3 Å². The number of rotatable bonds is 5. The summed E-state index contributed by atoms with van der Waals surface area (Å²) < 4.78 is 25.3. The minimum atomic E-state index is -3.35. The Morgan fingerprint density at radius 1 is 1.35 bits per heavy atom. The fourth-order valence-corrected chi connectivity index (χ4v) is 2.89. The van der Waals surface area contributed by atoms with Gasteiger partial charge in [-0.3, -0.25) is 0 Å². The summed E-state index contributed by atoms with van der Waals surface area (Å²) in [4.78, 5) is 0. The highest BCUT2D eigenvalue weighted by atomic mass is 32.2. The Kier molecular flexibility index (Phi) is 4.55. The van der Waals surface area contributed by atoms with E-state index in [1.54, 1.807) is 31.2 Å². The number of benzene rings is 1. The van der Waals surface area contributed by atoms with Crippen molar-refractivity contribution in [3.63, 3.8) is 0 Å². The van der Waals surface area contributed by atoms with Gasteiger partial charge in [0.25, 0.3) is 0 Å². The highest BCUT2D eigenvalue weighted by Crippen LogP contribution is 2.12. The molecule has 0 fully saturated rings. The molecule has 0 atom stereocenters. The maximum absolute atomic E-state index is 12.0. The zero-order valence-electron chi connectivity index (χ0n) is 9.76. The van der Waals surface area contributed by atoms with Crippen LogP contribution in [0.5, 0.6) is 0 Å². The third-order valence-electron chi connectivity index (χ3n) is 2.34. The molecule has 0 aliphatic heterocycles. The quantitative estimate of drug-likeness (QED) is 0.629. The predicted octanol–water partition coefficient (Wildman–Crippen LogP) is 1.05. The number of hydrogen-bond donors (Lipinski definition) is 1. The average molecular weight is 252 g/mol.